The lowest BCUT2D eigenvalue weighted by molar-refractivity contribution is 0.0696. The third-order valence-corrected chi connectivity index (χ3v) is 2.63. The fourth-order valence-corrected chi connectivity index (χ4v) is 1.56. The molecule has 2 aromatic rings. The fourth-order valence-electron chi connectivity index (χ4n) is 1.56. The Balaban J connectivity index is 2.14. The second-order valence-electron chi connectivity index (χ2n) is 4.04. The van der Waals surface area contributed by atoms with Crippen LogP contribution in [0.1, 0.15) is 20.7 Å². The van der Waals surface area contributed by atoms with Gasteiger partial charge in [-0.3, -0.25) is 4.79 Å². The van der Waals surface area contributed by atoms with Crippen LogP contribution in [-0.4, -0.2) is 27.2 Å². The fraction of sp³-hybridized carbons (Fsp3) is 0. The smallest absolute Gasteiger partial charge is 0.335 e. The van der Waals surface area contributed by atoms with Gasteiger partial charge in [0.25, 0.3) is 5.91 Å². The van der Waals surface area contributed by atoms with E-state index in [1.165, 1.54) is 36.4 Å². The lowest BCUT2D eigenvalue weighted by Crippen LogP contribution is -2.11. The normalized spacial score (nSPS) is 10.0. The second-order valence-corrected chi connectivity index (χ2v) is 4.04. The average Bonchev–Trinajstić information content (AvgIpc) is 2.42. The highest BCUT2D eigenvalue weighted by Gasteiger charge is 2.09. The highest BCUT2D eigenvalue weighted by molar-refractivity contribution is 6.04. The molecule has 2 rings (SSSR count). The number of aromatic carboxylic acids is 1. The molecule has 0 aliphatic carbocycles. The van der Waals surface area contributed by atoms with E-state index >= 15 is 0 Å². The van der Waals surface area contributed by atoms with Crippen molar-refractivity contribution in [2.24, 2.45) is 0 Å². The quantitative estimate of drug-likeness (QED) is 0.640. The number of hydrogen-bond acceptors (Lipinski definition) is 4. The summed E-state index contributed by atoms with van der Waals surface area (Å²) >= 11 is 0. The van der Waals surface area contributed by atoms with Crippen LogP contribution in [0, 0.1) is 0 Å². The molecule has 0 aromatic heterocycles. The van der Waals surface area contributed by atoms with E-state index in [4.69, 9.17) is 10.2 Å². The van der Waals surface area contributed by atoms with Crippen molar-refractivity contribution in [1.82, 2.24) is 0 Å². The molecule has 0 heterocycles. The van der Waals surface area contributed by atoms with Crippen LogP contribution in [0.25, 0.3) is 0 Å². The maximum atomic E-state index is 11.9. The Hall–Kier alpha value is -3.02. The van der Waals surface area contributed by atoms with Crippen LogP contribution < -0.4 is 5.32 Å². The lowest BCUT2D eigenvalue weighted by atomic mass is 10.1. The Bertz CT molecular complexity index is 664. The topological polar surface area (TPSA) is 107 Å². The zero-order valence-electron chi connectivity index (χ0n) is 10.2. The molecule has 1 amide bonds. The zero-order valence-corrected chi connectivity index (χ0v) is 10.2. The van der Waals surface area contributed by atoms with Crippen LogP contribution in [0.2, 0.25) is 0 Å². The monoisotopic (exact) mass is 273 g/mol. The minimum absolute atomic E-state index is 0.116. The van der Waals surface area contributed by atoms with Gasteiger partial charge in [-0.15, -0.1) is 0 Å². The summed E-state index contributed by atoms with van der Waals surface area (Å²) in [5, 5.41) is 29.8. The Morgan fingerprint density at radius 2 is 1.45 bits per heavy atom. The summed E-state index contributed by atoms with van der Waals surface area (Å²) in [5.74, 6) is -2.24. The lowest BCUT2D eigenvalue weighted by Gasteiger charge is -2.06. The summed E-state index contributed by atoms with van der Waals surface area (Å²) in [6.07, 6.45) is 0. The number of phenols is 2. The van der Waals surface area contributed by atoms with Gasteiger partial charge in [-0.25, -0.2) is 4.79 Å². The number of hydrogen-bond donors (Lipinski definition) is 4. The molecular weight excluding hydrogens is 262 g/mol. The standard InChI is InChI=1S/C14H11NO5/c16-11-6-3-9(7-12(11)17)13(18)15-10-4-1-8(2-5-10)14(19)20/h1-7,16-17H,(H,15,18)(H,19,20). The number of phenolic OH excluding ortho intramolecular Hbond substituents is 2. The van der Waals surface area contributed by atoms with E-state index in [1.807, 2.05) is 0 Å². The number of nitrogens with one attached hydrogen (secondary N) is 1. The molecule has 102 valence electrons. The number of carboxylic acids is 1. The molecule has 4 N–H and O–H groups in total. The minimum Gasteiger partial charge on any atom is -0.504 e. The number of carboxylic acid groups (broad SMARTS) is 1. The van der Waals surface area contributed by atoms with Crippen LogP contribution in [0.4, 0.5) is 5.69 Å². The third-order valence-electron chi connectivity index (χ3n) is 2.63. The van der Waals surface area contributed by atoms with Crippen molar-refractivity contribution >= 4 is 17.6 Å². The van der Waals surface area contributed by atoms with E-state index in [0.717, 1.165) is 6.07 Å². The summed E-state index contributed by atoms with van der Waals surface area (Å²) < 4.78 is 0. The molecule has 0 bridgehead atoms. The molecule has 0 saturated carbocycles. The predicted octanol–water partition coefficient (Wildman–Crippen LogP) is 2.05. The number of amides is 1. The third kappa shape index (κ3) is 2.86. The highest BCUT2D eigenvalue weighted by Crippen LogP contribution is 2.25. The Kier molecular flexibility index (Phi) is 3.56. The molecular formula is C14H11NO5. The van der Waals surface area contributed by atoms with Gasteiger partial charge in [0.05, 0.1) is 5.56 Å². The van der Waals surface area contributed by atoms with Crippen molar-refractivity contribution in [1.29, 1.82) is 0 Å². The van der Waals surface area contributed by atoms with Gasteiger partial charge in [-0.1, -0.05) is 0 Å². The number of benzene rings is 2. The van der Waals surface area contributed by atoms with Crippen molar-refractivity contribution in [3.05, 3.63) is 53.6 Å². The van der Waals surface area contributed by atoms with Gasteiger partial charge in [0, 0.05) is 11.3 Å². The van der Waals surface area contributed by atoms with E-state index in [9.17, 15) is 14.7 Å². The van der Waals surface area contributed by atoms with Crippen molar-refractivity contribution in [3.63, 3.8) is 0 Å². The van der Waals surface area contributed by atoms with Crippen LogP contribution in [-0.2, 0) is 0 Å². The first-order valence-corrected chi connectivity index (χ1v) is 5.64. The molecule has 20 heavy (non-hydrogen) atoms. The number of anilines is 1. The van der Waals surface area contributed by atoms with Gasteiger partial charge in [-0.2, -0.15) is 0 Å². The first-order chi connectivity index (χ1) is 9.47. The van der Waals surface area contributed by atoms with Gasteiger partial charge in [0.15, 0.2) is 11.5 Å². The molecule has 0 radical (unpaired) electrons. The van der Waals surface area contributed by atoms with E-state index < -0.39 is 11.9 Å². The van der Waals surface area contributed by atoms with Crippen molar-refractivity contribution in [2.75, 3.05) is 5.32 Å². The highest BCUT2D eigenvalue weighted by atomic mass is 16.4. The predicted molar refractivity (Wildman–Crippen MR) is 71.1 cm³/mol. The van der Waals surface area contributed by atoms with E-state index in [2.05, 4.69) is 5.32 Å². The maximum Gasteiger partial charge on any atom is 0.335 e. The molecule has 0 fully saturated rings. The van der Waals surface area contributed by atoms with E-state index in [-0.39, 0.29) is 22.6 Å². The van der Waals surface area contributed by atoms with Gasteiger partial charge >= 0.3 is 5.97 Å². The van der Waals surface area contributed by atoms with Gasteiger partial charge in [0.2, 0.25) is 0 Å². The average molecular weight is 273 g/mol. The van der Waals surface area contributed by atoms with Crippen molar-refractivity contribution in [2.45, 2.75) is 0 Å². The summed E-state index contributed by atoms with van der Waals surface area (Å²) in [7, 11) is 0. The van der Waals surface area contributed by atoms with Gasteiger partial charge in [0.1, 0.15) is 0 Å². The molecule has 0 unspecified atom stereocenters. The summed E-state index contributed by atoms with van der Waals surface area (Å²) in [4.78, 5) is 22.6. The first kappa shape index (κ1) is 13.4. The van der Waals surface area contributed by atoms with Gasteiger partial charge in [-0.05, 0) is 42.5 Å². The van der Waals surface area contributed by atoms with Crippen LogP contribution in [0.5, 0.6) is 11.5 Å². The SMILES string of the molecule is O=C(O)c1ccc(NC(=O)c2ccc(O)c(O)c2)cc1. The molecule has 0 atom stereocenters. The molecule has 0 spiro atoms. The molecule has 0 aliphatic rings. The number of aromatic hydroxyl groups is 2. The first-order valence-electron chi connectivity index (χ1n) is 5.64. The summed E-state index contributed by atoms with van der Waals surface area (Å²) in [6, 6.07) is 9.35. The molecule has 0 saturated heterocycles. The van der Waals surface area contributed by atoms with Crippen molar-refractivity contribution < 1.29 is 24.9 Å². The second kappa shape index (κ2) is 5.31. The number of carbonyl (C=O) groups is 2. The zero-order chi connectivity index (χ0) is 14.7. The van der Waals surface area contributed by atoms with Crippen LogP contribution in [0.3, 0.4) is 0 Å². The summed E-state index contributed by atoms with van der Waals surface area (Å²) in [6.45, 7) is 0. The van der Waals surface area contributed by atoms with Crippen molar-refractivity contribution in [3.8, 4) is 11.5 Å². The molecule has 0 aliphatic heterocycles. The Morgan fingerprint density at radius 3 is 2.00 bits per heavy atom. The summed E-state index contributed by atoms with van der Waals surface area (Å²) in [5.41, 5.74) is 0.709. The Labute approximate surface area is 113 Å². The van der Waals surface area contributed by atoms with Crippen LogP contribution >= 0.6 is 0 Å². The number of carbonyl (C=O) groups excluding carboxylic acids is 1. The Morgan fingerprint density at radius 1 is 0.850 bits per heavy atom. The van der Waals surface area contributed by atoms with E-state index in [0.29, 0.717) is 5.69 Å². The molecule has 6 nitrogen and oxygen atoms in total. The maximum absolute atomic E-state index is 11.9. The van der Waals surface area contributed by atoms with Crippen LogP contribution in [0.15, 0.2) is 42.5 Å². The van der Waals surface area contributed by atoms with E-state index in [1.54, 1.807) is 0 Å². The minimum atomic E-state index is -1.05. The largest absolute Gasteiger partial charge is 0.504 e. The molecule has 2 aromatic carbocycles. The van der Waals surface area contributed by atoms with Gasteiger partial charge < -0.3 is 20.6 Å². The molecule has 6 heteroatoms. The number of rotatable bonds is 3.